The Balaban J connectivity index is 2.60. The van der Waals surface area contributed by atoms with E-state index in [1.165, 1.54) is 6.07 Å². The lowest BCUT2D eigenvalue weighted by molar-refractivity contribution is 0.295. The zero-order valence-corrected chi connectivity index (χ0v) is 12.7. The second-order valence-corrected chi connectivity index (χ2v) is 6.12. The van der Waals surface area contributed by atoms with Crippen molar-refractivity contribution in [2.45, 2.75) is 46.5 Å². The minimum Gasteiger partial charge on any atom is -0.326 e. The molecule has 0 spiro atoms. The average molecular weight is 283 g/mol. The smallest absolute Gasteiger partial charge is 0.128 e. The molecule has 0 aliphatic heterocycles. The summed E-state index contributed by atoms with van der Waals surface area (Å²) in [6.07, 6.45) is 1.06. The Morgan fingerprint density at radius 1 is 1.37 bits per heavy atom. The SMILES string of the molecule is CCC(C)(C)Cn1c(CCl)nc2cc(F)c(C)cc21. The maximum atomic E-state index is 13.6. The van der Waals surface area contributed by atoms with Gasteiger partial charge in [0.05, 0.1) is 16.9 Å². The fourth-order valence-corrected chi connectivity index (χ4v) is 2.32. The molecule has 0 N–H and O–H groups in total. The van der Waals surface area contributed by atoms with Crippen LogP contribution in [0.5, 0.6) is 0 Å². The maximum Gasteiger partial charge on any atom is 0.128 e. The summed E-state index contributed by atoms with van der Waals surface area (Å²) in [6.45, 7) is 9.22. The molecule has 0 fully saturated rings. The lowest BCUT2D eigenvalue weighted by Crippen LogP contribution is -2.20. The van der Waals surface area contributed by atoms with Crippen LogP contribution in [0.15, 0.2) is 12.1 Å². The number of aromatic nitrogens is 2. The number of halogens is 2. The number of nitrogens with zero attached hydrogens (tertiary/aromatic N) is 2. The minimum atomic E-state index is -0.215. The van der Waals surface area contributed by atoms with E-state index in [-0.39, 0.29) is 11.2 Å². The molecule has 2 rings (SSSR count). The molecule has 0 saturated carbocycles. The topological polar surface area (TPSA) is 17.8 Å². The standard InChI is InChI=1S/C15H20ClFN2/c1-5-15(3,4)9-19-13-6-10(2)11(17)7-12(13)18-14(19)8-16/h6-7H,5,8-9H2,1-4H3. The van der Waals surface area contributed by atoms with Crippen LogP contribution >= 0.6 is 11.6 Å². The van der Waals surface area contributed by atoms with Crippen LogP contribution in [0.2, 0.25) is 0 Å². The van der Waals surface area contributed by atoms with Crippen molar-refractivity contribution in [2.75, 3.05) is 0 Å². The van der Waals surface area contributed by atoms with Crippen LogP contribution in [0.3, 0.4) is 0 Å². The van der Waals surface area contributed by atoms with E-state index in [0.29, 0.717) is 17.0 Å². The van der Waals surface area contributed by atoms with Gasteiger partial charge in [-0.25, -0.2) is 9.37 Å². The van der Waals surface area contributed by atoms with Gasteiger partial charge in [0.2, 0.25) is 0 Å². The number of fused-ring (bicyclic) bond motifs is 1. The van der Waals surface area contributed by atoms with Gasteiger partial charge in [0, 0.05) is 12.6 Å². The van der Waals surface area contributed by atoms with E-state index in [0.717, 1.165) is 24.3 Å². The van der Waals surface area contributed by atoms with Crippen molar-refractivity contribution < 1.29 is 4.39 Å². The van der Waals surface area contributed by atoms with Crippen molar-refractivity contribution in [1.29, 1.82) is 0 Å². The Labute approximate surface area is 118 Å². The van der Waals surface area contributed by atoms with Gasteiger partial charge in [0.15, 0.2) is 0 Å². The Bertz CT molecular complexity index is 602. The summed E-state index contributed by atoms with van der Waals surface area (Å²) in [6, 6.07) is 3.36. The first-order valence-corrected chi connectivity index (χ1v) is 7.12. The molecule has 104 valence electrons. The number of imidazole rings is 1. The third kappa shape index (κ3) is 2.76. The van der Waals surface area contributed by atoms with E-state index in [1.54, 1.807) is 6.92 Å². The molecule has 0 amide bonds. The van der Waals surface area contributed by atoms with Crippen molar-refractivity contribution >= 4 is 22.6 Å². The molecule has 2 aromatic rings. The summed E-state index contributed by atoms with van der Waals surface area (Å²) in [4.78, 5) is 4.44. The molecule has 1 aromatic carbocycles. The van der Waals surface area contributed by atoms with E-state index < -0.39 is 0 Å². The largest absolute Gasteiger partial charge is 0.326 e. The number of hydrogen-bond donors (Lipinski definition) is 0. The molecular weight excluding hydrogens is 263 g/mol. The number of hydrogen-bond acceptors (Lipinski definition) is 1. The molecule has 0 atom stereocenters. The molecular formula is C15H20ClFN2. The third-order valence-corrected chi connectivity index (χ3v) is 4.01. The normalized spacial score (nSPS) is 12.3. The van der Waals surface area contributed by atoms with Crippen LogP contribution < -0.4 is 0 Å². The summed E-state index contributed by atoms with van der Waals surface area (Å²) in [5.41, 5.74) is 2.46. The van der Waals surface area contributed by atoms with Crippen LogP contribution in [0, 0.1) is 18.2 Å². The van der Waals surface area contributed by atoms with Crippen LogP contribution in [-0.2, 0) is 12.4 Å². The van der Waals surface area contributed by atoms with Gasteiger partial charge in [0.1, 0.15) is 11.6 Å². The van der Waals surface area contributed by atoms with E-state index >= 15 is 0 Å². The van der Waals surface area contributed by atoms with Crippen LogP contribution in [0.1, 0.15) is 38.6 Å². The van der Waals surface area contributed by atoms with E-state index in [2.05, 4.69) is 30.3 Å². The highest BCUT2D eigenvalue weighted by molar-refractivity contribution is 6.16. The maximum absolute atomic E-state index is 13.6. The summed E-state index contributed by atoms with van der Waals surface area (Å²) in [7, 11) is 0. The molecule has 0 bridgehead atoms. The lowest BCUT2D eigenvalue weighted by Gasteiger charge is -2.24. The van der Waals surface area contributed by atoms with Crippen LogP contribution in [0.4, 0.5) is 4.39 Å². The summed E-state index contributed by atoms with van der Waals surface area (Å²) < 4.78 is 15.7. The minimum absolute atomic E-state index is 0.163. The first-order valence-electron chi connectivity index (χ1n) is 6.59. The van der Waals surface area contributed by atoms with Crippen molar-refractivity contribution in [3.8, 4) is 0 Å². The fourth-order valence-electron chi connectivity index (χ4n) is 2.12. The molecule has 0 saturated heterocycles. The van der Waals surface area contributed by atoms with Gasteiger partial charge in [-0.1, -0.05) is 20.8 Å². The van der Waals surface area contributed by atoms with Gasteiger partial charge in [-0.05, 0) is 30.4 Å². The Morgan fingerprint density at radius 2 is 2.05 bits per heavy atom. The van der Waals surface area contributed by atoms with E-state index in [1.807, 2.05) is 6.07 Å². The molecule has 1 heterocycles. The third-order valence-electron chi connectivity index (χ3n) is 3.77. The van der Waals surface area contributed by atoms with Crippen molar-refractivity contribution in [3.63, 3.8) is 0 Å². The summed E-state index contributed by atoms with van der Waals surface area (Å²) in [5, 5.41) is 0. The fraction of sp³-hybridized carbons (Fsp3) is 0.533. The van der Waals surface area contributed by atoms with Gasteiger partial charge in [-0.2, -0.15) is 0 Å². The van der Waals surface area contributed by atoms with Gasteiger partial charge in [-0.15, -0.1) is 11.6 Å². The summed E-state index contributed by atoms with van der Waals surface area (Å²) >= 11 is 5.98. The molecule has 0 radical (unpaired) electrons. The Kier molecular flexibility index (Phi) is 3.86. The van der Waals surface area contributed by atoms with Crippen molar-refractivity contribution in [1.82, 2.24) is 9.55 Å². The molecule has 0 aliphatic carbocycles. The van der Waals surface area contributed by atoms with Gasteiger partial charge in [0.25, 0.3) is 0 Å². The first kappa shape index (κ1) is 14.3. The second kappa shape index (κ2) is 5.12. The van der Waals surface area contributed by atoms with Gasteiger partial charge >= 0.3 is 0 Å². The quantitative estimate of drug-likeness (QED) is 0.746. The highest BCUT2D eigenvalue weighted by Crippen LogP contribution is 2.28. The van der Waals surface area contributed by atoms with Crippen LogP contribution in [-0.4, -0.2) is 9.55 Å². The molecule has 19 heavy (non-hydrogen) atoms. The molecule has 2 nitrogen and oxygen atoms in total. The summed E-state index contributed by atoms with van der Waals surface area (Å²) in [5.74, 6) is 0.936. The zero-order chi connectivity index (χ0) is 14.2. The Hall–Kier alpha value is -1.09. The predicted octanol–water partition coefficient (Wildman–Crippen LogP) is 4.66. The van der Waals surface area contributed by atoms with Crippen molar-refractivity contribution in [3.05, 3.63) is 29.3 Å². The first-order chi connectivity index (χ1) is 8.88. The zero-order valence-electron chi connectivity index (χ0n) is 11.9. The molecule has 1 aromatic heterocycles. The van der Waals surface area contributed by atoms with Crippen molar-refractivity contribution in [2.24, 2.45) is 5.41 Å². The molecule has 4 heteroatoms. The van der Waals surface area contributed by atoms with Crippen LogP contribution in [0.25, 0.3) is 11.0 Å². The predicted molar refractivity (Wildman–Crippen MR) is 78.1 cm³/mol. The average Bonchev–Trinajstić information content (AvgIpc) is 2.67. The highest BCUT2D eigenvalue weighted by Gasteiger charge is 2.20. The number of aryl methyl sites for hydroxylation is 1. The van der Waals surface area contributed by atoms with E-state index in [9.17, 15) is 4.39 Å². The Morgan fingerprint density at radius 3 is 2.63 bits per heavy atom. The molecule has 0 aliphatic rings. The second-order valence-electron chi connectivity index (χ2n) is 5.86. The lowest BCUT2D eigenvalue weighted by atomic mass is 9.90. The van der Waals surface area contributed by atoms with Gasteiger partial charge < -0.3 is 4.57 Å². The number of alkyl halides is 1. The number of benzene rings is 1. The molecule has 0 unspecified atom stereocenters. The monoisotopic (exact) mass is 282 g/mol. The number of rotatable bonds is 4. The van der Waals surface area contributed by atoms with E-state index in [4.69, 9.17) is 11.6 Å². The van der Waals surface area contributed by atoms with Gasteiger partial charge in [-0.3, -0.25) is 0 Å². The highest BCUT2D eigenvalue weighted by atomic mass is 35.5.